The first-order valence-electron chi connectivity index (χ1n) is 9.91. The van der Waals surface area contributed by atoms with E-state index in [0.29, 0.717) is 13.1 Å². The summed E-state index contributed by atoms with van der Waals surface area (Å²) in [6.07, 6.45) is 4.06. The third kappa shape index (κ3) is 6.22. The van der Waals surface area contributed by atoms with Gasteiger partial charge in [0.25, 0.3) is 0 Å². The highest BCUT2D eigenvalue weighted by atomic mass is 16.5. The second-order valence-electron chi connectivity index (χ2n) is 6.87. The summed E-state index contributed by atoms with van der Waals surface area (Å²) in [5, 5.41) is 2.99. The molecule has 1 heterocycles. The maximum Gasteiger partial charge on any atom is 0.322 e. The number of carbonyl (C=O) groups is 1. The lowest BCUT2D eigenvalue weighted by Gasteiger charge is -2.26. The molecule has 1 N–H and O–H groups in total. The largest absolute Gasteiger partial charge is 0.379 e. The zero-order chi connectivity index (χ0) is 19.6. The zero-order valence-electron chi connectivity index (χ0n) is 16.5. The average Bonchev–Trinajstić information content (AvgIpc) is 2.74. The SMILES string of the molecule is CCN(C/C=C/c1ccccc1)C(=O)Nc1ccc(CN2CCOCC2)cc1. The Morgan fingerprint density at radius 1 is 1.11 bits per heavy atom. The van der Waals surface area contributed by atoms with E-state index < -0.39 is 0 Å². The molecule has 5 heteroatoms. The fraction of sp³-hybridized carbons (Fsp3) is 0.348. The molecular formula is C23H29N3O2. The van der Waals surface area contributed by atoms with Crippen LogP contribution in [0, 0.1) is 0 Å². The number of amides is 2. The van der Waals surface area contributed by atoms with Crippen molar-refractivity contribution in [2.75, 3.05) is 44.7 Å². The molecule has 0 saturated carbocycles. The van der Waals surface area contributed by atoms with Crippen molar-refractivity contribution in [3.05, 3.63) is 71.8 Å². The number of urea groups is 1. The van der Waals surface area contributed by atoms with Crippen LogP contribution in [0.15, 0.2) is 60.7 Å². The predicted octanol–water partition coefficient (Wildman–Crippen LogP) is 4.09. The quantitative estimate of drug-likeness (QED) is 0.788. The summed E-state index contributed by atoms with van der Waals surface area (Å²) in [7, 11) is 0. The summed E-state index contributed by atoms with van der Waals surface area (Å²) in [4.78, 5) is 16.7. The summed E-state index contributed by atoms with van der Waals surface area (Å²) in [5.41, 5.74) is 3.20. The molecule has 1 fully saturated rings. The molecule has 3 rings (SSSR count). The minimum atomic E-state index is -0.0823. The van der Waals surface area contributed by atoms with E-state index >= 15 is 0 Å². The lowest BCUT2D eigenvalue weighted by atomic mass is 10.2. The van der Waals surface area contributed by atoms with Crippen LogP contribution < -0.4 is 5.32 Å². The van der Waals surface area contributed by atoms with Gasteiger partial charge < -0.3 is 15.0 Å². The molecule has 2 aromatic carbocycles. The molecule has 0 unspecified atom stereocenters. The molecule has 1 aliphatic heterocycles. The van der Waals surface area contributed by atoms with Crippen molar-refractivity contribution in [2.24, 2.45) is 0 Å². The fourth-order valence-corrected chi connectivity index (χ4v) is 3.15. The third-order valence-corrected chi connectivity index (χ3v) is 4.82. The van der Waals surface area contributed by atoms with Gasteiger partial charge in [-0.3, -0.25) is 4.90 Å². The molecular weight excluding hydrogens is 350 g/mol. The number of hydrogen-bond donors (Lipinski definition) is 1. The van der Waals surface area contributed by atoms with E-state index in [-0.39, 0.29) is 6.03 Å². The first kappa shape index (κ1) is 20.1. The number of morpholine rings is 1. The number of rotatable bonds is 7. The minimum absolute atomic E-state index is 0.0823. The number of likely N-dealkylation sites (N-methyl/N-ethyl adjacent to an activating group) is 1. The summed E-state index contributed by atoms with van der Waals surface area (Å²) < 4.78 is 5.39. The molecule has 2 amide bonds. The number of nitrogens with one attached hydrogen (secondary N) is 1. The molecule has 0 aliphatic carbocycles. The smallest absolute Gasteiger partial charge is 0.322 e. The molecule has 5 nitrogen and oxygen atoms in total. The fourth-order valence-electron chi connectivity index (χ4n) is 3.15. The Balaban J connectivity index is 1.49. The van der Waals surface area contributed by atoms with Crippen molar-refractivity contribution in [3.8, 4) is 0 Å². The van der Waals surface area contributed by atoms with Gasteiger partial charge in [0.1, 0.15) is 0 Å². The zero-order valence-corrected chi connectivity index (χ0v) is 16.5. The van der Waals surface area contributed by atoms with Gasteiger partial charge in [-0.25, -0.2) is 4.79 Å². The normalized spacial score (nSPS) is 14.9. The summed E-state index contributed by atoms with van der Waals surface area (Å²) in [5.74, 6) is 0. The monoisotopic (exact) mass is 379 g/mol. The van der Waals surface area contributed by atoms with Crippen molar-refractivity contribution in [1.29, 1.82) is 0 Å². The maximum atomic E-state index is 12.5. The molecule has 0 aromatic heterocycles. The first-order valence-corrected chi connectivity index (χ1v) is 9.91. The van der Waals surface area contributed by atoms with Crippen LogP contribution in [0.2, 0.25) is 0 Å². The number of anilines is 1. The van der Waals surface area contributed by atoms with Crippen molar-refractivity contribution >= 4 is 17.8 Å². The second-order valence-corrected chi connectivity index (χ2v) is 6.87. The molecule has 28 heavy (non-hydrogen) atoms. The molecule has 0 bridgehead atoms. The maximum absolute atomic E-state index is 12.5. The molecule has 0 atom stereocenters. The van der Waals surface area contributed by atoms with Crippen LogP contribution in [0.4, 0.5) is 10.5 Å². The van der Waals surface area contributed by atoms with Gasteiger partial charge in [0, 0.05) is 38.4 Å². The Morgan fingerprint density at radius 2 is 1.82 bits per heavy atom. The molecule has 2 aromatic rings. The van der Waals surface area contributed by atoms with Gasteiger partial charge in [-0.05, 0) is 30.2 Å². The Morgan fingerprint density at radius 3 is 2.50 bits per heavy atom. The Hall–Kier alpha value is -2.63. The molecule has 1 saturated heterocycles. The Labute approximate surface area is 167 Å². The van der Waals surface area contributed by atoms with E-state index in [2.05, 4.69) is 22.3 Å². The van der Waals surface area contributed by atoms with Crippen molar-refractivity contribution in [1.82, 2.24) is 9.80 Å². The second kappa shape index (κ2) is 10.6. The minimum Gasteiger partial charge on any atom is -0.379 e. The van der Waals surface area contributed by atoms with Gasteiger partial charge in [-0.15, -0.1) is 0 Å². The van der Waals surface area contributed by atoms with E-state index in [1.54, 1.807) is 4.90 Å². The van der Waals surface area contributed by atoms with Gasteiger partial charge in [-0.2, -0.15) is 0 Å². The summed E-state index contributed by atoms with van der Waals surface area (Å²) >= 11 is 0. The number of carbonyl (C=O) groups excluding carboxylic acids is 1. The van der Waals surface area contributed by atoms with Crippen LogP contribution in [0.1, 0.15) is 18.1 Å². The van der Waals surface area contributed by atoms with Crippen molar-refractivity contribution in [3.63, 3.8) is 0 Å². The van der Waals surface area contributed by atoms with Crippen LogP contribution >= 0.6 is 0 Å². The van der Waals surface area contributed by atoms with E-state index in [0.717, 1.165) is 44.1 Å². The van der Waals surface area contributed by atoms with Gasteiger partial charge >= 0.3 is 6.03 Å². The predicted molar refractivity (Wildman–Crippen MR) is 114 cm³/mol. The van der Waals surface area contributed by atoms with Crippen molar-refractivity contribution < 1.29 is 9.53 Å². The molecule has 0 spiro atoms. The number of hydrogen-bond acceptors (Lipinski definition) is 3. The van der Waals surface area contributed by atoms with Crippen LogP contribution in [-0.2, 0) is 11.3 Å². The average molecular weight is 380 g/mol. The molecule has 0 radical (unpaired) electrons. The summed E-state index contributed by atoms with van der Waals surface area (Å²) in [6, 6.07) is 18.1. The van der Waals surface area contributed by atoms with Crippen LogP contribution in [0.5, 0.6) is 0 Å². The Bertz CT molecular complexity index is 753. The lowest BCUT2D eigenvalue weighted by molar-refractivity contribution is 0.0342. The molecule has 148 valence electrons. The van der Waals surface area contributed by atoms with E-state index in [1.165, 1.54) is 5.56 Å². The highest BCUT2D eigenvalue weighted by molar-refractivity contribution is 5.89. The third-order valence-electron chi connectivity index (χ3n) is 4.82. The number of nitrogens with zero attached hydrogens (tertiary/aromatic N) is 2. The first-order chi connectivity index (χ1) is 13.7. The standard InChI is InChI=1S/C23H29N3O2/c1-2-26(14-6-9-20-7-4-3-5-8-20)23(27)24-22-12-10-21(11-13-22)19-25-15-17-28-18-16-25/h3-13H,2,14-19H2,1H3,(H,24,27)/b9-6+. The van der Waals surface area contributed by atoms with Gasteiger partial charge in [0.2, 0.25) is 0 Å². The van der Waals surface area contributed by atoms with E-state index in [9.17, 15) is 4.79 Å². The highest BCUT2D eigenvalue weighted by Crippen LogP contribution is 2.13. The van der Waals surface area contributed by atoms with Crippen LogP contribution in [0.3, 0.4) is 0 Å². The van der Waals surface area contributed by atoms with E-state index in [4.69, 9.17) is 4.74 Å². The Kier molecular flexibility index (Phi) is 7.64. The summed E-state index contributed by atoms with van der Waals surface area (Å²) in [6.45, 7) is 7.69. The lowest BCUT2D eigenvalue weighted by Crippen LogP contribution is -2.35. The van der Waals surface area contributed by atoms with Gasteiger partial charge in [0.05, 0.1) is 13.2 Å². The van der Waals surface area contributed by atoms with E-state index in [1.807, 2.05) is 61.5 Å². The molecule has 1 aliphatic rings. The van der Waals surface area contributed by atoms with Gasteiger partial charge in [-0.1, -0.05) is 54.6 Å². The highest BCUT2D eigenvalue weighted by Gasteiger charge is 2.12. The van der Waals surface area contributed by atoms with Crippen LogP contribution in [-0.4, -0.2) is 55.2 Å². The topological polar surface area (TPSA) is 44.8 Å². The van der Waals surface area contributed by atoms with Crippen molar-refractivity contribution in [2.45, 2.75) is 13.5 Å². The van der Waals surface area contributed by atoms with Crippen LogP contribution in [0.25, 0.3) is 6.08 Å². The number of benzene rings is 2. The van der Waals surface area contributed by atoms with Gasteiger partial charge in [0.15, 0.2) is 0 Å². The number of ether oxygens (including phenoxy) is 1.